The van der Waals surface area contributed by atoms with Crippen LogP contribution in [0.5, 0.6) is 0 Å². The third-order valence-corrected chi connectivity index (χ3v) is 4.01. The highest BCUT2D eigenvalue weighted by Crippen LogP contribution is 2.17. The van der Waals surface area contributed by atoms with Crippen LogP contribution in [0.25, 0.3) is 0 Å². The summed E-state index contributed by atoms with van der Waals surface area (Å²) in [5, 5.41) is 2.18. The van der Waals surface area contributed by atoms with Crippen LogP contribution in [0.1, 0.15) is 16.0 Å². The molecule has 0 fully saturated rings. The van der Waals surface area contributed by atoms with Gasteiger partial charge in [0.05, 0.1) is 0 Å². The average Bonchev–Trinajstić information content (AvgIpc) is 2.74. The Labute approximate surface area is 108 Å². The molecule has 1 aromatic carbocycles. The number of likely N-dealkylation sites (N-methyl/N-ethyl adjacent to an activating group) is 1. The van der Waals surface area contributed by atoms with Gasteiger partial charge in [0, 0.05) is 18.0 Å². The third kappa shape index (κ3) is 3.69. The zero-order valence-corrected chi connectivity index (χ0v) is 11.3. The molecule has 0 radical (unpaired) electrons. The Balaban J connectivity index is 1.82. The second-order valence-electron chi connectivity index (χ2n) is 4.50. The predicted octanol–water partition coefficient (Wildman–Crippen LogP) is 3.73. The lowest BCUT2D eigenvalue weighted by Gasteiger charge is -2.16. The van der Waals surface area contributed by atoms with Crippen LogP contribution in [0, 0.1) is 6.92 Å². The highest BCUT2D eigenvalue weighted by Gasteiger charge is 2.04. The lowest BCUT2D eigenvalue weighted by Crippen LogP contribution is -2.20. The van der Waals surface area contributed by atoms with Crippen molar-refractivity contribution in [2.24, 2.45) is 0 Å². The molecular formula is C15H19NS. The van der Waals surface area contributed by atoms with Gasteiger partial charge in [-0.2, -0.15) is 0 Å². The Bertz CT molecular complexity index is 447. The van der Waals surface area contributed by atoms with E-state index in [-0.39, 0.29) is 0 Å². The van der Waals surface area contributed by atoms with E-state index < -0.39 is 0 Å². The summed E-state index contributed by atoms with van der Waals surface area (Å²) in [6, 6.07) is 12.9. The summed E-state index contributed by atoms with van der Waals surface area (Å²) in [5.74, 6) is 0. The molecule has 1 nitrogen and oxygen atoms in total. The molecule has 0 atom stereocenters. The van der Waals surface area contributed by atoms with Crippen LogP contribution in [0.3, 0.4) is 0 Å². The summed E-state index contributed by atoms with van der Waals surface area (Å²) in [6.45, 7) is 4.37. The van der Waals surface area contributed by atoms with E-state index in [1.54, 1.807) is 0 Å². The van der Waals surface area contributed by atoms with Gasteiger partial charge in [-0.15, -0.1) is 11.3 Å². The Kier molecular flexibility index (Phi) is 4.35. The zero-order chi connectivity index (χ0) is 12.1. The fraction of sp³-hybridized carbons (Fsp3) is 0.333. The second kappa shape index (κ2) is 5.99. The number of aryl methyl sites for hydroxylation is 1. The standard InChI is InChI=1S/C15H19NS/c1-13-9-11-17-15(13)12-16(2)10-8-14-6-4-3-5-7-14/h3-7,9,11H,8,10,12H2,1-2H3. The van der Waals surface area contributed by atoms with Crippen LogP contribution >= 0.6 is 11.3 Å². The average molecular weight is 245 g/mol. The SMILES string of the molecule is Cc1ccsc1CN(C)CCc1ccccc1. The van der Waals surface area contributed by atoms with Crippen LogP contribution in [0.2, 0.25) is 0 Å². The Morgan fingerprint density at radius 1 is 1.12 bits per heavy atom. The fourth-order valence-corrected chi connectivity index (χ4v) is 2.84. The minimum Gasteiger partial charge on any atom is -0.301 e. The molecule has 0 amide bonds. The van der Waals surface area contributed by atoms with E-state index in [9.17, 15) is 0 Å². The van der Waals surface area contributed by atoms with Crippen LogP contribution in [0.4, 0.5) is 0 Å². The Hall–Kier alpha value is -1.12. The molecule has 0 spiro atoms. The van der Waals surface area contributed by atoms with E-state index >= 15 is 0 Å². The van der Waals surface area contributed by atoms with Crippen molar-refractivity contribution in [3.8, 4) is 0 Å². The second-order valence-corrected chi connectivity index (χ2v) is 5.50. The highest BCUT2D eigenvalue weighted by atomic mass is 32.1. The molecule has 17 heavy (non-hydrogen) atoms. The maximum Gasteiger partial charge on any atom is 0.0327 e. The van der Waals surface area contributed by atoms with Gasteiger partial charge in [-0.1, -0.05) is 30.3 Å². The fourth-order valence-electron chi connectivity index (χ4n) is 1.85. The van der Waals surface area contributed by atoms with Crippen molar-refractivity contribution in [3.05, 3.63) is 57.8 Å². The van der Waals surface area contributed by atoms with Crippen LogP contribution in [0.15, 0.2) is 41.8 Å². The molecule has 90 valence electrons. The predicted molar refractivity (Wildman–Crippen MR) is 75.5 cm³/mol. The minimum atomic E-state index is 1.07. The number of hydrogen-bond donors (Lipinski definition) is 0. The molecule has 2 aromatic rings. The molecule has 2 heteroatoms. The molecule has 0 N–H and O–H groups in total. The number of nitrogens with zero attached hydrogens (tertiary/aromatic N) is 1. The number of benzene rings is 1. The summed E-state index contributed by atoms with van der Waals surface area (Å²) in [6.07, 6.45) is 1.13. The minimum absolute atomic E-state index is 1.07. The van der Waals surface area contributed by atoms with Crippen molar-refractivity contribution in [3.63, 3.8) is 0 Å². The van der Waals surface area contributed by atoms with Crippen molar-refractivity contribution in [1.82, 2.24) is 4.90 Å². The Morgan fingerprint density at radius 2 is 1.88 bits per heavy atom. The number of hydrogen-bond acceptors (Lipinski definition) is 2. The smallest absolute Gasteiger partial charge is 0.0327 e. The van der Waals surface area contributed by atoms with E-state index in [4.69, 9.17) is 0 Å². The molecule has 1 heterocycles. The topological polar surface area (TPSA) is 3.24 Å². The van der Waals surface area contributed by atoms with Crippen molar-refractivity contribution in [1.29, 1.82) is 0 Å². The molecule has 2 rings (SSSR count). The first-order chi connectivity index (χ1) is 8.25. The zero-order valence-electron chi connectivity index (χ0n) is 10.5. The first-order valence-electron chi connectivity index (χ1n) is 6.01. The summed E-state index contributed by atoms with van der Waals surface area (Å²) < 4.78 is 0. The largest absolute Gasteiger partial charge is 0.301 e. The summed E-state index contributed by atoms with van der Waals surface area (Å²) in [5.41, 5.74) is 2.84. The normalized spacial score (nSPS) is 11.0. The molecular weight excluding hydrogens is 226 g/mol. The lowest BCUT2D eigenvalue weighted by atomic mass is 10.1. The van der Waals surface area contributed by atoms with E-state index in [0.29, 0.717) is 0 Å². The maximum absolute atomic E-state index is 2.39. The molecule has 0 aliphatic rings. The van der Waals surface area contributed by atoms with Crippen molar-refractivity contribution >= 4 is 11.3 Å². The third-order valence-electron chi connectivity index (χ3n) is 3.01. The van der Waals surface area contributed by atoms with E-state index in [1.807, 2.05) is 11.3 Å². The van der Waals surface area contributed by atoms with Crippen LogP contribution in [-0.4, -0.2) is 18.5 Å². The molecule has 0 saturated carbocycles. The van der Waals surface area contributed by atoms with Gasteiger partial charge < -0.3 is 4.90 Å². The monoisotopic (exact) mass is 245 g/mol. The van der Waals surface area contributed by atoms with Gasteiger partial charge in [-0.05, 0) is 43.0 Å². The van der Waals surface area contributed by atoms with E-state index in [1.165, 1.54) is 16.0 Å². The maximum atomic E-state index is 2.39. The van der Waals surface area contributed by atoms with Gasteiger partial charge in [-0.25, -0.2) is 0 Å². The van der Waals surface area contributed by atoms with Gasteiger partial charge in [-0.3, -0.25) is 0 Å². The van der Waals surface area contributed by atoms with Gasteiger partial charge in [0.15, 0.2) is 0 Å². The van der Waals surface area contributed by atoms with Crippen LogP contribution in [-0.2, 0) is 13.0 Å². The lowest BCUT2D eigenvalue weighted by molar-refractivity contribution is 0.333. The molecule has 0 aliphatic heterocycles. The summed E-state index contributed by atoms with van der Waals surface area (Å²) in [4.78, 5) is 3.88. The molecule has 0 unspecified atom stereocenters. The van der Waals surface area contributed by atoms with Gasteiger partial charge in [0.1, 0.15) is 0 Å². The van der Waals surface area contributed by atoms with Crippen molar-refractivity contribution in [2.45, 2.75) is 19.9 Å². The highest BCUT2D eigenvalue weighted by molar-refractivity contribution is 7.10. The van der Waals surface area contributed by atoms with Crippen LogP contribution < -0.4 is 0 Å². The van der Waals surface area contributed by atoms with E-state index in [2.05, 4.69) is 60.6 Å². The number of thiophene rings is 1. The van der Waals surface area contributed by atoms with Gasteiger partial charge >= 0.3 is 0 Å². The summed E-state index contributed by atoms with van der Waals surface area (Å²) >= 11 is 1.86. The molecule has 0 aliphatic carbocycles. The van der Waals surface area contributed by atoms with E-state index in [0.717, 1.165) is 19.5 Å². The first kappa shape index (κ1) is 12.3. The molecule has 1 aromatic heterocycles. The van der Waals surface area contributed by atoms with Gasteiger partial charge in [0.2, 0.25) is 0 Å². The summed E-state index contributed by atoms with van der Waals surface area (Å²) in [7, 11) is 2.20. The number of rotatable bonds is 5. The van der Waals surface area contributed by atoms with Gasteiger partial charge in [0.25, 0.3) is 0 Å². The molecule has 0 saturated heterocycles. The molecule has 0 bridgehead atoms. The Morgan fingerprint density at radius 3 is 2.53 bits per heavy atom. The quantitative estimate of drug-likeness (QED) is 0.776. The first-order valence-corrected chi connectivity index (χ1v) is 6.89. The van der Waals surface area contributed by atoms with Crippen molar-refractivity contribution in [2.75, 3.05) is 13.6 Å². The van der Waals surface area contributed by atoms with Crippen molar-refractivity contribution < 1.29 is 0 Å².